The van der Waals surface area contributed by atoms with Crippen molar-refractivity contribution in [2.75, 3.05) is 6.61 Å². The monoisotopic (exact) mass is 281 g/mol. The van der Waals surface area contributed by atoms with Crippen LogP contribution in [-0.4, -0.2) is 45.0 Å². The molecule has 0 spiro atoms. The minimum Gasteiger partial charge on any atom is -0.513 e. The number of benzene rings is 1. The van der Waals surface area contributed by atoms with Crippen molar-refractivity contribution in [1.82, 2.24) is 0 Å². The van der Waals surface area contributed by atoms with Gasteiger partial charge >= 0.3 is 0 Å². The molecule has 1 rings (SSSR count). The molecule has 6 nitrogen and oxygen atoms in total. The summed E-state index contributed by atoms with van der Waals surface area (Å²) < 4.78 is 0. The van der Waals surface area contributed by atoms with Crippen molar-refractivity contribution in [2.45, 2.75) is 24.2 Å². The summed E-state index contributed by atoms with van der Waals surface area (Å²) in [6.45, 7) is 2.41. The summed E-state index contributed by atoms with van der Waals surface area (Å²) in [6, 6.07) is 6.46. The fourth-order valence-corrected chi connectivity index (χ4v) is 1.95. The molecule has 0 amide bonds. The normalized spacial score (nSPS) is 17.0. The van der Waals surface area contributed by atoms with Crippen LogP contribution in [-0.2, 0) is 10.4 Å². The Labute approximate surface area is 116 Å². The van der Waals surface area contributed by atoms with Gasteiger partial charge in [-0.05, 0) is 5.56 Å². The first-order valence-electron chi connectivity index (χ1n) is 6.07. The van der Waals surface area contributed by atoms with Gasteiger partial charge in [0.15, 0.2) is 11.4 Å². The Morgan fingerprint density at radius 1 is 1.35 bits per heavy atom. The molecule has 0 saturated carbocycles. The van der Waals surface area contributed by atoms with Gasteiger partial charge in [-0.25, -0.2) is 0 Å². The quantitative estimate of drug-likeness (QED) is 0.433. The number of carbonyl (C=O) groups excluding carboxylic acids is 1. The number of ketones is 1. The van der Waals surface area contributed by atoms with Crippen molar-refractivity contribution in [2.24, 2.45) is 5.73 Å². The Morgan fingerprint density at radius 2 is 1.90 bits per heavy atom. The number of aliphatic hydroxyl groups is 4. The molecule has 0 aliphatic rings. The van der Waals surface area contributed by atoms with Gasteiger partial charge in [-0.15, -0.1) is 0 Å². The molecule has 20 heavy (non-hydrogen) atoms. The number of hydrogen-bond acceptors (Lipinski definition) is 6. The van der Waals surface area contributed by atoms with Gasteiger partial charge in [0.25, 0.3) is 0 Å². The van der Waals surface area contributed by atoms with Crippen LogP contribution in [0.4, 0.5) is 0 Å². The maximum atomic E-state index is 12.3. The first-order valence-corrected chi connectivity index (χ1v) is 6.07. The fourth-order valence-electron chi connectivity index (χ4n) is 1.95. The van der Waals surface area contributed by atoms with Crippen LogP contribution in [0.25, 0.3) is 0 Å². The van der Waals surface area contributed by atoms with Crippen molar-refractivity contribution < 1.29 is 25.2 Å². The van der Waals surface area contributed by atoms with Gasteiger partial charge in [-0.2, -0.15) is 0 Å². The average Bonchev–Trinajstić information content (AvgIpc) is 2.44. The van der Waals surface area contributed by atoms with Crippen molar-refractivity contribution >= 4 is 5.78 Å². The maximum Gasteiger partial charge on any atom is 0.188 e. The van der Waals surface area contributed by atoms with Crippen molar-refractivity contribution in [3.8, 4) is 0 Å². The van der Waals surface area contributed by atoms with Crippen molar-refractivity contribution in [3.63, 3.8) is 0 Å². The average molecular weight is 281 g/mol. The molecule has 0 bridgehead atoms. The third-order valence-electron chi connectivity index (χ3n) is 3.04. The van der Waals surface area contributed by atoms with E-state index in [9.17, 15) is 15.0 Å². The topological polar surface area (TPSA) is 124 Å². The highest BCUT2D eigenvalue weighted by Gasteiger charge is 2.46. The SMILES string of the molecule is C=C(O)C[C@H](N)C(=O)C(O)(c1ccccc1)C(O)CO. The predicted molar refractivity (Wildman–Crippen MR) is 72.8 cm³/mol. The molecular weight excluding hydrogens is 262 g/mol. The Bertz CT molecular complexity index is 476. The number of nitrogens with two attached hydrogens (primary N) is 1. The van der Waals surface area contributed by atoms with Crippen LogP contribution in [0.3, 0.4) is 0 Å². The van der Waals surface area contributed by atoms with Gasteiger partial charge < -0.3 is 26.2 Å². The lowest BCUT2D eigenvalue weighted by Gasteiger charge is -2.33. The van der Waals surface area contributed by atoms with E-state index in [1.807, 2.05) is 0 Å². The second-order valence-electron chi connectivity index (χ2n) is 4.57. The Balaban J connectivity index is 3.19. The van der Waals surface area contributed by atoms with E-state index in [4.69, 9.17) is 15.9 Å². The summed E-state index contributed by atoms with van der Waals surface area (Å²) in [4.78, 5) is 12.3. The molecule has 0 saturated heterocycles. The second kappa shape index (κ2) is 6.62. The highest BCUT2D eigenvalue weighted by Crippen LogP contribution is 2.28. The zero-order valence-corrected chi connectivity index (χ0v) is 10.9. The summed E-state index contributed by atoms with van der Waals surface area (Å²) >= 11 is 0. The fraction of sp³-hybridized carbons (Fsp3) is 0.357. The Morgan fingerprint density at radius 3 is 2.35 bits per heavy atom. The molecule has 0 aliphatic carbocycles. The van der Waals surface area contributed by atoms with Crippen LogP contribution in [0.15, 0.2) is 42.7 Å². The molecule has 110 valence electrons. The molecule has 1 aromatic rings. The number of carbonyl (C=O) groups is 1. The molecule has 0 fully saturated rings. The van der Waals surface area contributed by atoms with E-state index in [1.165, 1.54) is 12.1 Å². The molecular formula is C14H19NO5. The molecule has 0 heterocycles. The Hall–Kier alpha value is -1.73. The lowest BCUT2D eigenvalue weighted by molar-refractivity contribution is -0.158. The molecule has 2 unspecified atom stereocenters. The molecule has 1 aromatic carbocycles. The van der Waals surface area contributed by atoms with E-state index in [0.29, 0.717) is 0 Å². The standard InChI is InChI=1S/C14H19NO5/c1-9(17)7-11(15)13(19)14(20,12(18)8-16)10-5-3-2-4-6-10/h2-6,11-12,16-18,20H,1,7-8,15H2/t11-,12?,14?/m0/s1. The Kier molecular flexibility index (Phi) is 5.41. The lowest BCUT2D eigenvalue weighted by atomic mass is 9.81. The molecule has 0 aromatic heterocycles. The van der Waals surface area contributed by atoms with Gasteiger partial charge in [-0.3, -0.25) is 4.79 Å². The van der Waals surface area contributed by atoms with E-state index in [0.717, 1.165) is 0 Å². The molecule has 0 radical (unpaired) electrons. The third-order valence-corrected chi connectivity index (χ3v) is 3.04. The zero-order chi connectivity index (χ0) is 15.3. The minimum absolute atomic E-state index is 0.116. The van der Waals surface area contributed by atoms with Gasteiger partial charge in [-0.1, -0.05) is 36.9 Å². The number of aliphatic hydroxyl groups excluding tert-OH is 3. The first kappa shape index (κ1) is 16.3. The van der Waals surface area contributed by atoms with E-state index < -0.39 is 30.1 Å². The summed E-state index contributed by atoms with van der Waals surface area (Å²) in [5.41, 5.74) is 3.38. The van der Waals surface area contributed by atoms with Crippen molar-refractivity contribution in [3.05, 3.63) is 48.2 Å². The van der Waals surface area contributed by atoms with Crippen LogP contribution >= 0.6 is 0 Å². The van der Waals surface area contributed by atoms with Crippen LogP contribution in [0.2, 0.25) is 0 Å². The predicted octanol–water partition coefficient (Wildman–Crippen LogP) is -0.414. The number of rotatable bonds is 7. The van der Waals surface area contributed by atoms with Gasteiger partial charge in [0.05, 0.1) is 18.4 Å². The van der Waals surface area contributed by atoms with E-state index in [1.54, 1.807) is 18.2 Å². The second-order valence-corrected chi connectivity index (χ2v) is 4.57. The highest BCUT2D eigenvalue weighted by molar-refractivity contribution is 5.93. The van der Waals surface area contributed by atoms with E-state index in [2.05, 4.69) is 6.58 Å². The summed E-state index contributed by atoms with van der Waals surface area (Å²) in [7, 11) is 0. The lowest BCUT2D eigenvalue weighted by Crippen LogP contribution is -2.54. The van der Waals surface area contributed by atoms with Crippen LogP contribution in [0, 0.1) is 0 Å². The smallest absolute Gasteiger partial charge is 0.188 e. The van der Waals surface area contributed by atoms with E-state index >= 15 is 0 Å². The molecule has 6 N–H and O–H groups in total. The molecule has 6 heteroatoms. The first-order chi connectivity index (χ1) is 9.33. The summed E-state index contributed by atoms with van der Waals surface area (Å²) in [5.74, 6) is -1.21. The molecule has 0 aliphatic heterocycles. The van der Waals surface area contributed by atoms with Crippen LogP contribution in [0.5, 0.6) is 0 Å². The van der Waals surface area contributed by atoms with Gasteiger partial charge in [0.2, 0.25) is 0 Å². The highest BCUT2D eigenvalue weighted by atomic mass is 16.4. The summed E-state index contributed by atoms with van der Waals surface area (Å²) in [6.07, 6.45) is -1.97. The summed E-state index contributed by atoms with van der Waals surface area (Å²) in [5, 5.41) is 38.5. The van der Waals surface area contributed by atoms with Crippen LogP contribution in [0.1, 0.15) is 12.0 Å². The molecule has 3 atom stereocenters. The van der Waals surface area contributed by atoms with Crippen molar-refractivity contribution in [1.29, 1.82) is 0 Å². The maximum absolute atomic E-state index is 12.3. The number of Topliss-reactive ketones (excluding diaryl/α,β-unsaturated/α-hetero) is 1. The van der Waals surface area contributed by atoms with Gasteiger partial charge in [0.1, 0.15) is 6.10 Å². The minimum atomic E-state index is -2.34. The van der Waals surface area contributed by atoms with Gasteiger partial charge in [0, 0.05) is 6.42 Å². The third kappa shape index (κ3) is 3.23. The van der Waals surface area contributed by atoms with E-state index in [-0.39, 0.29) is 17.7 Å². The van der Waals surface area contributed by atoms with Crippen LogP contribution < -0.4 is 5.73 Å². The zero-order valence-electron chi connectivity index (χ0n) is 10.9. The number of hydrogen-bond donors (Lipinski definition) is 5. The largest absolute Gasteiger partial charge is 0.513 e.